The van der Waals surface area contributed by atoms with E-state index in [4.69, 9.17) is 10.5 Å². The third kappa shape index (κ3) is 7.41. The lowest BCUT2D eigenvalue weighted by Gasteiger charge is -2.38. The molecule has 13 nitrogen and oxygen atoms in total. The van der Waals surface area contributed by atoms with Crippen LogP contribution in [0.4, 0.5) is 0 Å². The maximum Gasteiger partial charge on any atom is 0.287 e. The zero-order valence-corrected chi connectivity index (χ0v) is 26.7. The number of benzene rings is 2. The van der Waals surface area contributed by atoms with E-state index < -0.39 is 59.2 Å². The Bertz CT molecular complexity index is 1560. The van der Waals surface area contributed by atoms with Crippen LogP contribution in [0.1, 0.15) is 81.0 Å². The zero-order chi connectivity index (χ0) is 33.6. The lowest BCUT2D eigenvalue weighted by molar-refractivity contribution is -0.147. The van der Waals surface area contributed by atoms with Crippen LogP contribution in [-0.4, -0.2) is 77.7 Å². The summed E-state index contributed by atoms with van der Waals surface area (Å²) < 4.78 is 5.66. The summed E-state index contributed by atoms with van der Waals surface area (Å²) in [5.41, 5.74) is 13.6. The van der Waals surface area contributed by atoms with Gasteiger partial charge in [0.15, 0.2) is 0 Å². The molecule has 47 heavy (non-hydrogen) atoms. The minimum atomic E-state index is -1.50. The average molecular weight is 646 g/mol. The molecule has 2 saturated carbocycles. The highest BCUT2D eigenvalue weighted by atomic mass is 16.5. The molecule has 2 aromatic carbocycles. The van der Waals surface area contributed by atoms with E-state index in [0.29, 0.717) is 24.8 Å². The van der Waals surface area contributed by atoms with Gasteiger partial charge in [0.05, 0.1) is 12.1 Å². The summed E-state index contributed by atoms with van der Waals surface area (Å²) in [6.07, 6.45) is 6.83. The smallest absolute Gasteiger partial charge is 0.287 e. The molecule has 4 amide bonds. The number of Topliss-reactive ketones (excluding diaryl/α,β-unsaturated/α-hetero) is 1. The van der Waals surface area contributed by atoms with Crippen LogP contribution in [0.15, 0.2) is 47.6 Å². The van der Waals surface area contributed by atoms with Crippen LogP contribution in [0.5, 0.6) is 0 Å². The largest absolute Gasteiger partial charge is 0.378 e. The molecule has 1 aliphatic heterocycles. The number of azide groups is 1. The predicted octanol–water partition coefficient (Wildman–Crippen LogP) is 3.69. The Kier molecular flexibility index (Phi) is 10.8. The van der Waals surface area contributed by atoms with Gasteiger partial charge in [-0.2, -0.15) is 0 Å². The Hall–Kier alpha value is -4.48. The second-order valence-corrected chi connectivity index (χ2v) is 13.1. The molecule has 5 rings (SSSR count). The summed E-state index contributed by atoms with van der Waals surface area (Å²) in [5, 5.41) is 11.4. The number of nitrogens with zero attached hydrogens (tertiary/aromatic N) is 4. The van der Waals surface area contributed by atoms with E-state index in [1.807, 2.05) is 30.3 Å². The Morgan fingerprint density at radius 1 is 1.02 bits per heavy atom. The number of ether oxygens (including phenoxy) is 1. The van der Waals surface area contributed by atoms with E-state index in [1.54, 1.807) is 12.1 Å². The van der Waals surface area contributed by atoms with Crippen LogP contribution < -0.4 is 16.4 Å². The van der Waals surface area contributed by atoms with Gasteiger partial charge in [-0.05, 0) is 53.6 Å². The number of ketones is 1. The van der Waals surface area contributed by atoms with Gasteiger partial charge in [-0.1, -0.05) is 86.8 Å². The molecular weight excluding hydrogens is 602 g/mol. The molecule has 4 atom stereocenters. The van der Waals surface area contributed by atoms with Gasteiger partial charge >= 0.3 is 0 Å². The molecule has 0 unspecified atom stereocenters. The summed E-state index contributed by atoms with van der Waals surface area (Å²) in [7, 11) is 1.35. The number of carbonyl (C=O) groups is 5. The quantitative estimate of drug-likeness (QED) is 0.144. The molecule has 3 aliphatic rings. The van der Waals surface area contributed by atoms with Gasteiger partial charge in [0, 0.05) is 24.1 Å². The van der Waals surface area contributed by atoms with E-state index in [0.717, 1.165) is 49.3 Å². The third-order valence-corrected chi connectivity index (χ3v) is 10.1. The first-order valence-corrected chi connectivity index (χ1v) is 16.5. The molecule has 3 fully saturated rings. The molecule has 1 heterocycles. The molecule has 0 radical (unpaired) electrons. The van der Waals surface area contributed by atoms with Crippen molar-refractivity contribution >= 4 is 40.2 Å². The van der Waals surface area contributed by atoms with Crippen LogP contribution in [0.2, 0.25) is 0 Å². The second-order valence-electron chi connectivity index (χ2n) is 13.1. The first-order chi connectivity index (χ1) is 22.7. The van der Waals surface area contributed by atoms with Crippen molar-refractivity contribution in [2.75, 3.05) is 13.7 Å². The Morgan fingerprint density at radius 2 is 1.70 bits per heavy atom. The van der Waals surface area contributed by atoms with Gasteiger partial charge in [-0.3, -0.25) is 24.0 Å². The number of rotatable bonds is 11. The van der Waals surface area contributed by atoms with Crippen LogP contribution in [-0.2, 0) is 23.9 Å². The van der Waals surface area contributed by atoms with Crippen molar-refractivity contribution in [3.63, 3.8) is 0 Å². The fraction of sp³-hybridized carbons (Fsp3) is 0.559. The fourth-order valence-corrected chi connectivity index (χ4v) is 7.64. The first-order valence-electron chi connectivity index (χ1n) is 16.5. The molecule has 250 valence electrons. The summed E-state index contributed by atoms with van der Waals surface area (Å²) in [5.74, 6) is -3.50. The van der Waals surface area contributed by atoms with E-state index in [-0.39, 0.29) is 25.3 Å². The van der Waals surface area contributed by atoms with Gasteiger partial charge < -0.3 is 26.0 Å². The SMILES string of the molecule is CO[C@@H]1[C@@H](C(=O)NC2(C(=O)C(N)=O)CCCCC2)N(C(=O)[C@@H](CC2CCCCC2)NC(=O)c2ccc3ccccc3c2)C[C@H]1N=[N+]=[N-]. The third-order valence-electron chi connectivity index (χ3n) is 10.1. The number of amides is 4. The van der Waals surface area contributed by atoms with Crippen molar-refractivity contribution in [1.82, 2.24) is 15.5 Å². The van der Waals surface area contributed by atoms with Gasteiger partial charge in [0.25, 0.3) is 11.8 Å². The van der Waals surface area contributed by atoms with Crippen molar-refractivity contribution in [1.29, 1.82) is 0 Å². The van der Waals surface area contributed by atoms with Gasteiger partial charge in [-0.25, -0.2) is 0 Å². The maximum atomic E-state index is 14.5. The topological polar surface area (TPSA) is 197 Å². The summed E-state index contributed by atoms with van der Waals surface area (Å²) in [4.78, 5) is 71.7. The highest BCUT2D eigenvalue weighted by molar-refractivity contribution is 6.39. The number of carbonyl (C=O) groups excluding carboxylic acids is 5. The predicted molar refractivity (Wildman–Crippen MR) is 174 cm³/mol. The minimum absolute atomic E-state index is 0.136. The molecule has 0 bridgehead atoms. The standard InChI is InChI=1S/C34H43N7O6/c1-47-28-26(39-40-36)20-41(27(28)32(45)38-34(29(42)30(35)43)16-8-3-9-17-34)33(46)25(18-21-10-4-2-5-11-21)37-31(44)24-15-14-22-12-6-7-13-23(22)19-24/h6-7,12-15,19,21,25-28H,2-5,8-11,16-18,20H2,1H3,(H2,35,43)(H,37,44)(H,38,45)/t25-,26-,27+,28+/m1/s1. The summed E-state index contributed by atoms with van der Waals surface area (Å²) >= 11 is 0. The number of methoxy groups -OCH3 is 1. The van der Waals surface area contributed by atoms with E-state index in [1.165, 1.54) is 12.0 Å². The lowest BCUT2D eigenvalue weighted by Crippen LogP contribution is -2.64. The molecule has 1 saturated heterocycles. The van der Waals surface area contributed by atoms with E-state index in [2.05, 4.69) is 20.7 Å². The number of nitrogens with one attached hydrogen (secondary N) is 2. The number of likely N-dealkylation sites (tertiary alicyclic amines) is 1. The van der Waals surface area contributed by atoms with Gasteiger partial charge in [0.1, 0.15) is 17.6 Å². The van der Waals surface area contributed by atoms with Crippen molar-refractivity contribution in [2.24, 2.45) is 16.8 Å². The number of primary amides is 1. The highest BCUT2D eigenvalue weighted by Crippen LogP contribution is 2.33. The molecule has 0 aromatic heterocycles. The molecule has 13 heteroatoms. The number of fused-ring (bicyclic) bond motifs is 1. The van der Waals surface area contributed by atoms with E-state index in [9.17, 15) is 29.5 Å². The van der Waals surface area contributed by atoms with Crippen molar-refractivity contribution in [3.05, 3.63) is 58.5 Å². The summed E-state index contributed by atoms with van der Waals surface area (Å²) in [6.45, 7) is -0.136. The molecular formula is C34H43N7O6. The van der Waals surface area contributed by atoms with Crippen LogP contribution >= 0.6 is 0 Å². The first kappa shape index (κ1) is 33.9. The number of nitrogens with two attached hydrogens (primary N) is 1. The molecule has 2 aromatic rings. The van der Waals surface area contributed by atoms with Gasteiger partial charge in [-0.15, -0.1) is 0 Å². The number of hydrogen-bond donors (Lipinski definition) is 3. The normalized spacial score (nSPS) is 23.3. The molecule has 4 N–H and O–H groups in total. The molecule has 0 spiro atoms. The zero-order valence-electron chi connectivity index (χ0n) is 26.7. The van der Waals surface area contributed by atoms with Crippen molar-refractivity contribution in [2.45, 2.75) is 100 Å². The van der Waals surface area contributed by atoms with Crippen LogP contribution in [0, 0.1) is 5.92 Å². The maximum absolute atomic E-state index is 14.5. The highest BCUT2D eigenvalue weighted by Gasteiger charge is 2.52. The van der Waals surface area contributed by atoms with E-state index >= 15 is 0 Å². The van der Waals surface area contributed by atoms with Crippen molar-refractivity contribution in [3.8, 4) is 0 Å². The summed E-state index contributed by atoms with van der Waals surface area (Å²) in [6, 6.07) is 9.81. The fourth-order valence-electron chi connectivity index (χ4n) is 7.64. The molecule has 2 aliphatic carbocycles. The Morgan fingerprint density at radius 3 is 2.36 bits per heavy atom. The monoisotopic (exact) mass is 645 g/mol. The lowest BCUT2D eigenvalue weighted by atomic mass is 9.78. The number of hydrogen-bond acceptors (Lipinski definition) is 7. The van der Waals surface area contributed by atoms with Crippen LogP contribution in [0.25, 0.3) is 21.2 Å². The Balaban J connectivity index is 1.46. The van der Waals surface area contributed by atoms with Crippen molar-refractivity contribution < 1.29 is 28.7 Å². The Labute approximate surface area is 273 Å². The van der Waals surface area contributed by atoms with Gasteiger partial charge in [0.2, 0.25) is 17.6 Å². The van der Waals surface area contributed by atoms with Crippen LogP contribution in [0.3, 0.4) is 0 Å². The second kappa shape index (κ2) is 15.0. The average Bonchev–Trinajstić information content (AvgIpc) is 3.46. The minimum Gasteiger partial charge on any atom is -0.378 e.